The zero-order valence-corrected chi connectivity index (χ0v) is 12.3. The van der Waals surface area contributed by atoms with Crippen molar-refractivity contribution in [3.05, 3.63) is 35.4 Å². The monoisotopic (exact) mass is 301 g/mol. The molecule has 0 aliphatic carbocycles. The van der Waals surface area contributed by atoms with Gasteiger partial charge in [0.05, 0.1) is 18.3 Å². The molecule has 0 aromatic heterocycles. The Morgan fingerprint density at radius 2 is 1.67 bits per heavy atom. The average molecular weight is 301 g/mol. The number of hydrogen-bond donors (Lipinski definition) is 1. The summed E-state index contributed by atoms with van der Waals surface area (Å²) in [7, 11) is 3.29. The van der Waals surface area contributed by atoms with E-state index < -0.39 is 17.7 Å². The lowest BCUT2D eigenvalue weighted by Crippen LogP contribution is -2.27. The van der Waals surface area contributed by atoms with Gasteiger partial charge in [0.25, 0.3) is 0 Å². The predicted octanol–water partition coefficient (Wildman–Crippen LogP) is 1.73. The van der Waals surface area contributed by atoms with Gasteiger partial charge in [-0.3, -0.25) is 4.90 Å². The number of likely N-dealkylation sites (tertiary alicyclic amines) is 1. The minimum Gasteiger partial charge on any atom is -0.388 e. The normalized spacial score (nSPS) is 24.4. The van der Waals surface area contributed by atoms with Crippen LogP contribution >= 0.6 is 0 Å². The van der Waals surface area contributed by atoms with Crippen LogP contribution in [0.1, 0.15) is 18.1 Å². The number of aliphatic hydroxyl groups is 1. The first kappa shape index (κ1) is 16.3. The van der Waals surface area contributed by atoms with Crippen LogP contribution in [0.4, 0.5) is 8.78 Å². The molecule has 1 fully saturated rings. The van der Waals surface area contributed by atoms with Gasteiger partial charge in [0.1, 0.15) is 11.6 Å². The summed E-state index contributed by atoms with van der Waals surface area (Å²) < 4.78 is 36.9. The summed E-state index contributed by atoms with van der Waals surface area (Å²) >= 11 is 0. The summed E-state index contributed by atoms with van der Waals surface area (Å²) in [4.78, 5) is 2.11. The molecule has 0 amide bonds. The molecule has 3 atom stereocenters. The fraction of sp³-hybridized carbons (Fsp3) is 0.600. The van der Waals surface area contributed by atoms with Crippen LogP contribution in [0.3, 0.4) is 0 Å². The fourth-order valence-electron chi connectivity index (χ4n) is 2.69. The maximum absolute atomic E-state index is 13.1. The Labute approximate surface area is 123 Å². The Morgan fingerprint density at radius 1 is 1.14 bits per heavy atom. The van der Waals surface area contributed by atoms with Gasteiger partial charge in [0, 0.05) is 39.9 Å². The molecule has 1 aliphatic rings. The van der Waals surface area contributed by atoms with Crippen LogP contribution in [0.5, 0.6) is 0 Å². The fourth-order valence-corrected chi connectivity index (χ4v) is 2.69. The van der Waals surface area contributed by atoms with E-state index in [2.05, 4.69) is 4.90 Å². The number of halogens is 2. The van der Waals surface area contributed by atoms with E-state index in [1.807, 2.05) is 0 Å². The van der Waals surface area contributed by atoms with Gasteiger partial charge in [0.15, 0.2) is 0 Å². The lowest BCUT2D eigenvalue weighted by atomic mass is 10.1. The van der Waals surface area contributed by atoms with Crippen molar-refractivity contribution in [2.45, 2.75) is 24.7 Å². The summed E-state index contributed by atoms with van der Waals surface area (Å²) in [6, 6.07) is 3.12. The molecule has 1 aromatic rings. The molecule has 1 N–H and O–H groups in total. The van der Waals surface area contributed by atoms with Crippen molar-refractivity contribution >= 4 is 0 Å². The summed E-state index contributed by atoms with van der Waals surface area (Å²) in [5, 5.41) is 10.1. The molecule has 1 aliphatic heterocycles. The van der Waals surface area contributed by atoms with E-state index >= 15 is 0 Å². The van der Waals surface area contributed by atoms with Gasteiger partial charge in [-0.25, -0.2) is 8.78 Å². The summed E-state index contributed by atoms with van der Waals surface area (Å²) in [6.07, 6.45) is -0.467. The van der Waals surface area contributed by atoms with Gasteiger partial charge in [-0.1, -0.05) is 0 Å². The van der Waals surface area contributed by atoms with Crippen LogP contribution in [-0.4, -0.2) is 56.1 Å². The van der Waals surface area contributed by atoms with Gasteiger partial charge in [0.2, 0.25) is 0 Å². The molecule has 21 heavy (non-hydrogen) atoms. The van der Waals surface area contributed by atoms with Crippen LogP contribution in [0, 0.1) is 11.6 Å². The highest BCUT2D eigenvalue weighted by molar-refractivity contribution is 5.20. The van der Waals surface area contributed by atoms with E-state index in [-0.39, 0.29) is 17.8 Å². The quantitative estimate of drug-likeness (QED) is 0.869. The third kappa shape index (κ3) is 4.20. The van der Waals surface area contributed by atoms with Crippen LogP contribution in [0.25, 0.3) is 0 Å². The molecule has 0 spiro atoms. The Morgan fingerprint density at radius 3 is 2.14 bits per heavy atom. The van der Waals surface area contributed by atoms with E-state index in [1.165, 1.54) is 0 Å². The van der Waals surface area contributed by atoms with Crippen LogP contribution in [0.15, 0.2) is 18.2 Å². The molecule has 4 nitrogen and oxygen atoms in total. The zero-order chi connectivity index (χ0) is 15.4. The van der Waals surface area contributed by atoms with Crippen molar-refractivity contribution in [2.75, 3.05) is 33.9 Å². The minimum atomic E-state index is -0.891. The first-order valence-electron chi connectivity index (χ1n) is 6.95. The maximum atomic E-state index is 13.1. The molecule has 0 bridgehead atoms. The van der Waals surface area contributed by atoms with Crippen molar-refractivity contribution in [3.8, 4) is 0 Å². The standard InChI is InChI=1S/C15H21F2NO3/c1-20-14-8-18(9-15(14)21-2)4-3-13(19)10-5-11(16)7-12(17)6-10/h5-7,13-15,19H,3-4,8-9H2,1-2H3. The molecular formula is C15H21F2NO3. The van der Waals surface area contributed by atoms with E-state index in [0.717, 1.165) is 31.3 Å². The summed E-state index contributed by atoms with van der Waals surface area (Å²) in [6.45, 7) is 2.05. The first-order chi connectivity index (χ1) is 10.0. The van der Waals surface area contributed by atoms with Crippen molar-refractivity contribution in [1.82, 2.24) is 4.90 Å². The Bertz CT molecular complexity index is 440. The molecule has 1 saturated heterocycles. The number of nitrogens with zero attached hydrogens (tertiary/aromatic N) is 1. The summed E-state index contributed by atoms with van der Waals surface area (Å²) in [5.41, 5.74) is 0.262. The smallest absolute Gasteiger partial charge is 0.126 e. The maximum Gasteiger partial charge on any atom is 0.126 e. The predicted molar refractivity (Wildman–Crippen MR) is 74.0 cm³/mol. The SMILES string of the molecule is COC1CN(CCC(O)c2cc(F)cc(F)c2)CC1OC. The largest absolute Gasteiger partial charge is 0.388 e. The highest BCUT2D eigenvalue weighted by Gasteiger charge is 2.32. The van der Waals surface area contributed by atoms with Crippen LogP contribution in [0.2, 0.25) is 0 Å². The number of methoxy groups -OCH3 is 2. The highest BCUT2D eigenvalue weighted by Crippen LogP contribution is 2.22. The molecule has 0 radical (unpaired) electrons. The number of hydrogen-bond acceptors (Lipinski definition) is 4. The molecule has 1 aromatic carbocycles. The lowest BCUT2D eigenvalue weighted by Gasteiger charge is -2.18. The second-order valence-electron chi connectivity index (χ2n) is 5.32. The topological polar surface area (TPSA) is 41.9 Å². The number of benzene rings is 1. The average Bonchev–Trinajstić information content (AvgIpc) is 2.86. The molecule has 6 heteroatoms. The molecule has 1 heterocycles. The lowest BCUT2D eigenvalue weighted by molar-refractivity contribution is -0.00461. The van der Waals surface area contributed by atoms with E-state index in [4.69, 9.17) is 9.47 Å². The molecular weight excluding hydrogens is 280 g/mol. The van der Waals surface area contributed by atoms with Crippen molar-refractivity contribution in [3.63, 3.8) is 0 Å². The number of rotatable bonds is 6. The minimum absolute atomic E-state index is 0.0127. The Kier molecular flexibility index (Phi) is 5.64. The number of aliphatic hydroxyl groups excluding tert-OH is 1. The molecule has 0 saturated carbocycles. The van der Waals surface area contributed by atoms with E-state index in [9.17, 15) is 13.9 Å². The van der Waals surface area contributed by atoms with E-state index in [1.54, 1.807) is 14.2 Å². The first-order valence-corrected chi connectivity index (χ1v) is 6.95. The van der Waals surface area contributed by atoms with Crippen LogP contribution < -0.4 is 0 Å². The Hall–Kier alpha value is -1.08. The van der Waals surface area contributed by atoms with Crippen molar-refractivity contribution in [1.29, 1.82) is 0 Å². The molecule has 2 rings (SSSR count). The number of ether oxygens (including phenoxy) is 2. The molecule has 3 unspecified atom stereocenters. The van der Waals surface area contributed by atoms with Gasteiger partial charge in [-0.15, -0.1) is 0 Å². The second kappa shape index (κ2) is 7.26. The van der Waals surface area contributed by atoms with Crippen molar-refractivity contribution in [2.24, 2.45) is 0 Å². The van der Waals surface area contributed by atoms with Crippen molar-refractivity contribution < 1.29 is 23.4 Å². The van der Waals surface area contributed by atoms with Gasteiger partial charge >= 0.3 is 0 Å². The molecule has 118 valence electrons. The van der Waals surface area contributed by atoms with E-state index in [0.29, 0.717) is 13.0 Å². The van der Waals surface area contributed by atoms with Gasteiger partial charge in [-0.2, -0.15) is 0 Å². The zero-order valence-electron chi connectivity index (χ0n) is 12.3. The van der Waals surface area contributed by atoms with Gasteiger partial charge < -0.3 is 14.6 Å². The highest BCUT2D eigenvalue weighted by atomic mass is 19.1. The Balaban J connectivity index is 1.88. The summed E-state index contributed by atoms with van der Waals surface area (Å²) in [5.74, 6) is -1.35. The second-order valence-corrected chi connectivity index (χ2v) is 5.32. The van der Waals surface area contributed by atoms with Crippen LogP contribution in [-0.2, 0) is 9.47 Å². The third-order valence-corrected chi connectivity index (χ3v) is 3.88. The third-order valence-electron chi connectivity index (χ3n) is 3.88. The van der Waals surface area contributed by atoms with Gasteiger partial charge in [-0.05, 0) is 24.1 Å².